The van der Waals surface area contributed by atoms with Crippen molar-refractivity contribution in [1.82, 2.24) is 12.3 Å². The molecule has 0 atom stereocenters. The standard InChI is InChI=1S/C3H8.C3H7.6CH4.3CH3.2H3N.Pt.Y/c2*1-3-2;;;;;;;;;;;;;/h3H2,1-2H3;1,3H2,2H3;6*1H4;5*1H3;;/q;-1;;;;;;;3*-1;;;;. The predicted molar refractivity (Wildman–Crippen MR) is 101 cm³/mol. The summed E-state index contributed by atoms with van der Waals surface area (Å²) in [5.74, 6) is 0. The zero-order valence-corrected chi connectivity index (χ0v) is 15.5. The van der Waals surface area contributed by atoms with Crippen LogP contribution >= 0.6 is 0 Å². The molecule has 0 aliphatic carbocycles. The van der Waals surface area contributed by atoms with Gasteiger partial charge < -0.3 is 41.5 Å². The van der Waals surface area contributed by atoms with E-state index >= 15 is 0 Å². The molecule has 0 aliphatic rings. The monoisotopic (exact) mass is 546 g/mol. The zero-order chi connectivity index (χ0) is 5.41. The fourth-order valence-corrected chi connectivity index (χ4v) is 0. The second-order valence-corrected chi connectivity index (χ2v) is 1.21. The van der Waals surface area contributed by atoms with E-state index in [4.69, 9.17) is 0 Å². The van der Waals surface area contributed by atoms with Crippen molar-refractivity contribution in [2.45, 2.75) is 78.2 Å². The van der Waals surface area contributed by atoms with E-state index in [0.29, 0.717) is 0 Å². The summed E-state index contributed by atoms with van der Waals surface area (Å²) in [4.78, 5) is 0. The fraction of sp³-hybridized carbons (Fsp3) is 0.733. The summed E-state index contributed by atoms with van der Waals surface area (Å²) in [5.41, 5.74) is 0. The normalized spacial score (nSPS) is 1.89. The molecular formula is C15H54N2PtY-4. The first-order valence-corrected chi connectivity index (χ1v) is 2.62. The van der Waals surface area contributed by atoms with Crippen LogP contribution in [0, 0.1) is 29.2 Å². The van der Waals surface area contributed by atoms with Crippen LogP contribution < -0.4 is 12.3 Å². The smallest absolute Gasteiger partial charge is 0 e. The van der Waals surface area contributed by atoms with Crippen LogP contribution in [0.25, 0.3) is 0 Å². The van der Waals surface area contributed by atoms with Crippen molar-refractivity contribution in [3.63, 3.8) is 0 Å². The molecule has 0 unspecified atom stereocenters. The van der Waals surface area contributed by atoms with Crippen LogP contribution in [0.2, 0.25) is 0 Å². The Hall–Kier alpha value is 1.71. The first-order chi connectivity index (χ1) is 2.83. The second kappa shape index (κ2) is 501. The molecule has 19 heavy (non-hydrogen) atoms. The minimum Gasteiger partial charge on any atom is -0.358 e. The Balaban J connectivity index is -0.000000000769. The van der Waals surface area contributed by atoms with Crippen molar-refractivity contribution < 1.29 is 53.8 Å². The molecule has 0 aromatic rings. The van der Waals surface area contributed by atoms with Gasteiger partial charge in [0.2, 0.25) is 0 Å². The third-order valence-corrected chi connectivity index (χ3v) is 0. The zero-order valence-electron chi connectivity index (χ0n) is 10.4. The molecule has 0 aromatic carbocycles. The van der Waals surface area contributed by atoms with E-state index in [2.05, 4.69) is 20.8 Å². The Labute approximate surface area is 172 Å². The molecule has 0 rings (SSSR count). The maximum atomic E-state index is 3.49. The average molecular weight is 547 g/mol. The maximum Gasteiger partial charge on any atom is 0 e. The summed E-state index contributed by atoms with van der Waals surface area (Å²) in [6.07, 6.45) is 2.25. The molecule has 0 saturated heterocycles. The Kier molecular flexibility index (Phi) is 6500. The topological polar surface area (TPSA) is 70.0 Å². The van der Waals surface area contributed by atoms with Crippen molar-refractivity contribution in [3.05, 3.63) is 29.2 Å². The Bertz CT molecular complexity index is 22.1. The van der Waals surface area contributed by atoms with E-state index < -0.39 is 0 Å². The van der Waals surface area contributed by atoms with Gasteiger partial charge in [-0.3, -0.25) is 0 Å². The summed E-state index contributed by atoms with van der Waals surface area (Å²) in [7, 11) is 0. The van der Waals surface area contributed by atoms with Gasteiger partial charge in [0.25, 0.3) is 0 Å². The molecule has 0 bridgehead atoms. The number of hydrogen-bond acceptors (Lipinski definition) is 2. The third-order valence-electron chi connectivity index (χ3n) is 0. The first-order valence-electron chi connectivity index (χ1n) is 2.62. The minimum atomic E-state index is 0. The van der Waals surface area contributed by atoms with Crippen LogP contribution in [0.3, 0.4) is 0 Å². The molecule has 0 aromatic heterocycles. The SMILES string of the molecule is C.C.C.C.C.C.CCC.N.N.[CH2-]CC.[CH3-].[CH3-].[CH3-].[Pt].[Y]. The van der Waals surface area contributed by atoms with Crippen LogP contribution in [0.5, 0.6) is 0 Å². The molecule has 4 heteroatoms. The van der Waals surface area contributed by atoms with Gasteiger partial charge in [-0.25, -0.2) is 0 Å². The Morgan fingerprint density at radius 2 is 0.632 bits per heavy atom. The summed E-state index contributed by atoms with van der Waals surface area (Å²) in [6, 6.07) is 0. The summed E-state index contributed by atoms with van der Waals surface area (Å²) in [6.45, 7) is 9.75. The Morgan fingerprint density at radius 3 is 0.632 bits per heavy atom. The van der Waals surface area contributed by atoms with Crippen LogP contribution in [0.1, 0.15) is 78.2 Å². The van der Waals surface area contributed by atoms with Crippen molar-refractivity contribution >= 4 is 0 Å². The minimum absolute atomic E-state index is 0. The molecule has 6 N–H and O–H groups in total. The maximum absolute atomic E-state index is 3.49. The average Bonchev–Trinajstić information content (AvgIpc) is 1.39. The van der Waals surface area contributed by atoms with Crippen LogP contribution in [-0.2, 0) is 53.8 Å². The van der Waals surface area contributed by atoms with Crippen molar-refractivity contribution in [1.29, 1.82) is 0 Å². The summed E-state index contributed by atoms with van der Waals surface area (Å²) < 4.78 is 0. The van der Waals surface area contributed by atoms with Crippen LogP contribution in [0.4, 0.5) is 0 Å². The quantitative estimate of drug-likeness (QED) is 0.301. The van der Waals surface area contributed by atoms with E-state index in [0.717, 1.165) is 6.42 Å². The van der Waals surface area contributed by atoms with Crippen molar-refractivity contribution in [3.8, 4) is 0 Å². The molecule has 141 valence electrons. The predicted octanol–water partition coefficient (Wildman–Crippen LogP) is 8.13. The molecule has 1 radical (unpaired) electrons. The van der Waals surface area contributed by atoms with Crippen LogP contribution in [-0.4, -0.2) is 0 Å². The molecule has 2 nitrogen and oxygen atoms in total. The molecule has 0 fully saturated rings. The molecule has 0 aliphatic heterocycles. The van der Waals surface area contributed by atoms with Gasteiger partial charge in [0.15, 0.2) is 0 Å². The first kappa shape index (κ1) is 247. The van der Waals surface area contributed by atoms with E-state index in [9.17, 15) is 0 Å². The van der Waals surface area contributed by atoms with Gasteiger partial charge in [-0.05, 0) is 0 Å². The van der Waals surface area contributed by atoms with E-state index in [1.54, 1.807) is 0 Å². The van der Waals surface area contributed by atoms with Crippen LogP contribution in [0.15, 0.2) is 0 Å². The van der Waals surface area contributed by atoms with E-state index in [1.165, 1.54) is 6.42 Å². The summed E-state index contributed by atoms with van der Waals surface area (Å²) in [5, 5.41) is 0. The molecular weight excluding hydrogens is 492 g/mol. The van der Waals surface area contributed by atoms with Crippen molar-refractivity contribution in [2.75, 3.05) is 0 Å². The van der Waals surface area contributed by atoms with Gasteiger partial charge in [0.05, 0.1) is 0 Å². The molecule has 0 saturated carbocycles. The largest absolute Gasteiger partial charge is 0.358 e. The third kappa shape index (κ3) is 2110. The van der Waals surface area contributed by atoms with E-state index in [1.807, 2.05) is 6.92 Å². The Morgan fingerprint density at radius 1 is 0.632 bits per heavy atom. The van der Waals surface area contributed by atoms with Gasteiger partial charge in [-0.1, -0.05) is 71.8 Å². The fourth-order valence-electron chi connectivity index (χ4n) is 0. The van der Waals surface area contributed by atoms with Gasteiger partial charge >= 0.3 is 0 Å². The molecule has 0 spiro atoms. The second-order valence-electron chi connectivity index (χ2n) is 1.21. The molecule has 0 amide bonds. The van der Waals surface area contributed by atoms with Gasteiger partial charge in [0, 0.05) is 53.8 Å². The number of rotatable bonds is 0. The van der Waals surface area contributed by atoms with Gasteiger partial charge in [0.1, 0.15) is 0 Å². The summed E-state index contributed by atoms with van der Waals surface area (Å²) >= 11 is 0. The number of hydrogen-bond donors (Lipinski definition) is 2. The van der Waals surface area contributed by atoms with Crippen molar-refractivity contribution in [2.24, 2.45) is 0 Å². The van der Waals surface area contributed by atoms with Gasteiger partial charge in [-0.2, -0.15) is 6.42 Å². The van der Waals surface area contributed by atoms with E-state index in [-0.39, 0.29) is 133 Å². The molecule has 0 heterocycles. The van der Waals surface area contributed by atoms with Gasteiger partial charge in [-0.15, -0.1) is 0 Å².